The number of benzene rings is 11. The zero-order valence-electron chi connectivity index (χ0n) is 37.1. The van der Waals surface area contributed by atoms with Crippen LogP contribution in [-0.4, -0.2) is 4.57 Å². The van der Waals surface area contributed by atoms with Gasteiger partial charge in [-0.15, -0.1) is 11.3 Å². The van der Waals surface area contributed by atoms with Crippen LogP contribution in [0.4, 0.5) is 17.1 Å². The van der Waals surface area contributed by atoms with Crippen molar-refractivity contribution in [1.29, 1.82) is 0 Å². The summed E-state index contributed by atoms with van der Waals surface area (Å²) in [6.07, 6.45) is 0. The molecule has 0 unspecified atom stereocenters. The summed E-state index contributed by atoms with van der Waals surface area (Å²) in [6.45, 7) is 0. The van der Waals surface area contributed by atoms with Crippen molar-refractivity contribution >= 4 is 81.1 Å². The van der Waals surface area contributed by atoms with Gasteiger partial charge in [-0.05, 0) is 111 Å². The summed E-state index contributed by atoms with van der Waals surface area (Å²) in [5, 5.41) is 7.50. The standard InChI is InChI=1S/C65H42N2S/c1-3-21-46(22-4-1)65(47-23-5-2-6-24-47)56-30-12-9-27-51(56)52-39-37-49(42-57(52)65)66(58-32-16-19-43-18-7-8-26-50(43)58)48-25-15-20-44(40-48)45-36-38-54-53-28-10-13-31-59(53)67(61(54)41-45)60-33-17-35-63-64(60)55-29-11-14-34-62(55)68-63/h1-42H. The first-order chi connectivity index (χ1) is 33.7. The van der Waals surface area contributed by atoms with Crippen molar-refractivity contribution in [2.45, 2.75) is 5.41 Å². The summed E-state index contributed by atoms with van der Waals surface area (Å²) in [5.41, 5.74) is 16.4. The van der Waals surface area contributed by atoms with Crippen LogP contribution >= 0.6 is 11.3 Å². The lowest BCUT2D eigenvalue weighted by Crippen LogP contribution is -2.28. The molecular weight excluding hydrogens is 841 g/mol. The average Bonchev–Trinajstić information content (AvgIpc) is 4.06. The highest BCUT2D eigenvalue weighted by atomic mass is 32.1. The molecule has 2 nitrogen and oxygen atoms in total. The SMILES string of the molecule is c1ccc(C2(c3ccccc3)c3ccccc3-c3ccc(N(c4cccc(-c5ccc6c7ccccc7n(-c7cccc8sc9ccccc9c78)c6c5)c4)c4cccc5ccccc45)cc32)cc1. The molecule has 0 saturated carbocycles. The van der Waals surface area contributed by atoms with Crippen molar-refractivity contribution in [3.8, 4) is 27.9 Å². The van der Waals surface area contributed by atoms with Crippen molar-refractivity contribution in [3.63, 3.8) is 0 Å². The van der Waals surface area contributed by atoms with Crippen molar-refractivity contribution < 1.29 is 0 Å². The van der Waals surface area contributed by atoms with Crippen LogP contribution in [0.5, 0.6) is 0 Å². The van der Waals surface area contributed by atoms with Gasteiger partial charge in [0.2, 0.25) is 0 Å². The molecule has 2 aromatic heterocycles. The number of fused-ring (bicyclic) bond motifs is 10. The molecule has 2 heterocycles. The fourth-order valence-corrected chi connectivity index (χ4v) is 12.7. The van der Waals surface area contributed by atoms with Gasteiger partial charge in [-0.2, -0.15) is 0 Å². The minimum atomic E-state index is -0.524. The number of hydrogen-bond acceptors (Lipinski definition) is 2. The molecule has 0 bridgehead atoms. The van der Waals surface area contributed by atoms with Crippen LogP contribution in [0.3, 0.4) is 0 Å². The lowest BCUT2D eigenvalue weighted by atomic mass is 9.67. The predicted octanol–water partition coefficient (Wildman–Crippen LogP) is 17.8. The molecule has 11 aromatic carbocycles. The number of thiophene rings is 1. The maximum absolute atomic E-state index is 2.50. The highest BCUT2D eigenvalue weighted by Gasteiger charge is 2.46. The highest BCUT2D eigenvalue weighted by molar-refractivity contribution is 7.25. The van der Waals surface area contributed by atoms with Crippen LogP contribution in [0.15, 0.2) is 255 Å². The van der Waals surface area contributed by atoms with Gasteiger partial charge in [0.05, 0.1) is 27.8 Å². The highest BCUT2D eigenvalue weighted by Crippen LogP contribution is 2.57. The molecule has 1 aliphatic carbocycles. The molecule has 0 aliphatic heterocycles. The van der Waals surface area contributed by atoms with Crippen molar-refractivity contribution in [1.82, 2.24) is 4.57 Å². The number of anilines is 3. The second-order valence-electron chi connectivity index (χ2n) is 18.0. The Balaban J connectivity index is 0.990. The molecule has 0 fully saturated rings. The number of hydrogen-bond donors (Lipinski definition) is 0. The third-order valence-electron chi connectivity index (χ3n) is 14.4. The molecule has 1 aliphatic rings. The Labute approximate surface area is 398 Å². The van der Waals surface area contributed by atoms with Crippen LogP contribution < -0.4 is 4.90 Å². The molecule has 0 spiro atoms. The van der Waals surface area contributed by atoms with E-state index in [0.29, 0.717) is 0 Å². The molecule has 3 heteroatoms. The Morgan fingerprint density at radius 3 is 1.84 bits per heavy atom. The van der Waals surface area contributed by atoms with Gasteiger partial charge in [0.1, 0.15) is 0 Å². The summed E-state index contributed by atoms with van der Waals surface area (Å²) in [5.74, 6) is 0. The van der Waals surface area contributed by atoms with Gasteiger partial charge in [0, 0.05) is 47.7 Å². The number of para-hydroxylation sites is 1. The van der Waals surface area contributed by atoms with Gasteiger partial charge in [-0.25, -0.2) is 0 Å². The van der Waals surface area contributed by atoms with E-state index in [1.54, 1.807) is 0 Å². The Morgan fingerprint density at radius 2 is 0.985 bits per heavy atom. The van der Waals surface area contributed by atoms with Crippen molar-refractivity contribution in [2.75, 3.05) is 4.90 Å². The topological polar surface area (TPSA) is 8.17 Å². The third-order valence-corrected chi connectivity index (χ3v) is 15.6. The number of aromatic nitrogens is 1. The molecule has 68 heavy (non-hydrogen) atoms. The van der Waals surface area contributed by atoms with E-state index in [-0.39, 0.29) is 0 Å². The maximum atomic E-state index is 2.50. The van der Waals surface area contributed by atoms with Crippen molar-refractivity contribution in [3.05, 3.63) is 277 Å². The van der Waals surface area contributed by atoms with Gasteiger partial charge < -0.3 is 9.47 Å². The van der Waals surface area contributed by atoms with Crippen LogP contribution in [-0.2, 0) is 5.41 Å². The molecule has 0 N–H and O–H groups in total. The average molecular weight is 883 g/mol. The second-order valence-corrected chi connectivity index (χ2v) is 19.1. The lowest BCUT2D eigenvalue weighted by molar-refractivity contribution is 0.768. The maximum Gasteiger partial charge on any atom is 0.0714 e. The third kappa shape index (κ3) is 5.70. The van der Waals surface area contributed by atoms with Gasteiger partial charge >= 0.3 is 0 Å². The van der Waals surface area contributed by atoms with Gasteiger partial charge in [-0.1, -0.05) is 194 Å². The number of nitrogens with zero attached hydrogens (tertiary/aromatic N) is 2. The van der Waals surface area contributed by atoms with Gasteiger partial charge in [0.15, 0.2) is 0 Å². The minimum absolute atomic E-state index is 0.524. The van der Waals surface area contributed by atoms with Crippen LogP contribution in [0.1, 0.15) is 22.3 Å². The zero-order valence-corrected chi connectivity index (χ0v) is 37.9. The molecular formula is C65H42N2S. The van der Waals surface area contributed by atoms with Crippen LogP contribution in [0.25, 0.3) is 80.7 Å². The summed E-state index contributed by atoms with van der Waals surface area (Å²) in [6, 6.07) is 94.4. The first kappa shape index (κ1) is 38.7. The first-order valence-electron chi connectivity index (χ1n) is 23.4. The molecule has 0 atom stereocenters. The molecule has 13 aromatic rings. The van der Waals surface area contributed by atoms with E-state index in [0.717, 1.165) is 22.6 Å². The van der Waals surface area contributed by atoms with Gasteiger partial charge in [0.25, 0.3) is 0 Å². The molecule has 318 valence electrons. The summed E-state index contributed by atoms with van der Waals surface area (Å²) in [7, 11) is 0. The van der Waals surface area contributed by atoms with E-state index in [4.69, 9.17) is 0 Å². The van der Waals surface area contributed by atoms with E-state index in [2.05, 4.69) is 264 Å². The Morgan fingerprint density at radius 1 is 0.368 bits per heavy atom. The largest absolute Gasteiger partial charge is 0.310 e. The van der Waals surface area contributed by atoms with E-state index in [9.17, 15) is 0 Å². The Hall–Kier alpha value is -8.50. The predicted molar refractivity (Wildman–Crippen MR) is 289 cm³/mol. The molecule has 0 radical (unpaired) electrons. The first-order valence-corrected chi connectivity index (χ1v) is 24.2. The normalized spacial score (nSPS) is 12.8. The zero-order chi connectivity index (χ0) is 44.8. The summed E-state index contributed by atoms with van der Waals surface area (Å²) < 4.78 is 5.10. The number of rotatable bonds is 7. The van der Waals surface area contributed by atoms with E-state index in [1.807, 2.05) is 11.3 Å². The second kappa shape index (κ2) is 15.3. The minimum Gasteiger partial charge on any atom is -0.310 e. The summed E-state index contributed by atoms with van der Waals surface area (Å²) in [4.78, 5) is 2.48. The quantitative estimate of drug-likeness (QED) is 0.155. The molecule has 14 rings (SSSR count). The lowest BCUT2D eigenvalue weighted by Gasteiger charge is -2.35. The van der Waals surface area contributed by atoms with Crippen LogP contribution in [0, 0.1) is 0 Å². The fourth-order valence-electron chi connectivity index (χ4n) is 11.6. The van der Waals surface area contributed by atoms with E-state index in [1.165, 1.54) is 97.4 Å². The smallest absolute Gasteiger partial charge is 0.0714 e. The van der Waals surface area contributed by atoms with Crippen molar-refractivity contribution in [2.24, 2.45) is 0 Å². The fraction of sp³-hybridized carbons (Fsp3) is 0.0154. The summed E-state index contributed by atoms with van der Waals surface area (Å²) >= 11 is 1.87. The van der Waals surface area contributed by atoms with E-state index < -0.39 is 5.41 Å². The monoisotopic (exact) mass is 882 g/mol. The Kier molecular flexibility index (Phi) is 8.71. The molecule has 0 amide bonds. The Bertz CT molecular complexity index is 4060. The molecule has 0 saturated heterocycles. The van der Waals surface area contributed by atoms with Gasteiger partial charge in [-0.3, -0.25) is 0 Å². The van der Waals surface area contributed by atoms with Crippen LogP contribution in [0.2, 0.25) is 0 Å². The van der Waals surface area contributed by atoms with E-state index >= 15 is 0 Å².